The Morgan fingerprint density at radius 3 is 2.30 bits per heavy atom. The van der Waals surface area contributed by atoms with E-state index in [2.05, 4.69) is 5.32 Å². The van der Waals surface area contributed by atoms with Crippen LogP contribution in [0.3, 0.4) is 0 Å². The molecular weight excluding hydrogens is 342 g/mol. The molecule has 0 aromatic heterocycles. The molecule has 23 heavy (non-hydrogen) atoms. The first-order chi connectivity index (χ1) is 9.94. The first kappa shape index (κ1) is 24.4. The van der Waals surface area contributed by atoms with Crippen molar-refractivity contribution in [2.45, 2.75) is 37.7 Å². The molecule has 1 atom stereocenters. The SMILES string of the molecule is Cl.Cl.NC(CCCCB(O)O)(CNCc1ccccc1)C(=O)O. The van der Waals surface area contributed by atoms with Crippen molar-refractivity contribution in [3.63, 3.8) is 0 Å². The van der Waals surface area contributed by atoms with Gasteiger partial charge in [-0.2, -0.15) is 0 Å². The number of carboxylic acids is 1. The van der Waals surface area contributed by atoms with Gasteiger partial charge in [-0.25, -0.2) is 0 Å². The van der Waals surface area contributed by atoms with Crippen molar-refractivity contribution in [1.29, 1.82) is 0 Å². The molecule has 132 valence electrons. The third-order valence-corrected chi connectivity index (χ3v) is 3.37. The lowest BCUT2D eigenvalue weighted by atomic mass is 9.82. The fraction of sp³-hybridized carbons (Fsp3) is 0.500. The molecule has 6 N–H and O–H groups in total. The minimum absolute atomic E-state index is 0. The van der Waals surface area contributed by atoms with E-state index in [1.807, 2.05) is 30.3 Å². The minimum Gasteiger partial charge on any atom is -0.480 e. The number of nitrogens with two attached hydrogens (primary N) is 1. The van der Waals surface area contributed by atoms with Crippen LogP contribution in [0.5, 0.6) is 0 Å². The van der Waals surface area contributed by atoms with E-state index in [0.717, 1.165) is 5.56 Å². The highest BCUT2D eigenvalue weighted by molar-refractivity contribution is 6.40. The Balaban J connectivity index is 0. The molecule has 0 aliphatic rings. The van der Waals surface area contributed by atoms with Crippen molar-refractivity contribution in [2.24, 2.45) is 5.73 Å². The lowest BCUT2D eigenvalue weighted by molar-refractivity contribution is -0.143. The van der Waals surface area contributed by atoms with E-state index in [-0.39, 0.29) is 44.1 Å². The molecule has 0 bridgehead atoms. The number of carboxylic acid groups (broad SMARTS) is 1. The van der Waals surface area contributed by atoms with Crippen molar-refractivity contribution < 1.29 is 19.9 Å². The molecule has 6 nitrogen and oxygen atoms in total. The van der Waals surface area contributed by atoms with E-state index in [1.54, 1.807) is 0 Å². The van der Waals surface area contributed by atoms with Gasteiger partial charge in [-0.1, -0.05) is 43.2 Å². The van der Waals surface area contributed by atoms with Crippen LogP contribution in [0, 0.1) is 0 Å². The lowest BCUT2D eigenvalue weighted by Crippen LogP contribution is -2.55. The molecule has 0 fully saturated rings. The van der Waals surface area contributed by atoms with E-state index in [1.165, 1.54) is 0 Å². The number of halogens is 2. The summed E-state index contributed by atoms with van der Waals surface area (Å²) in [4.78, 5) is 11.3. The van der Waals surface area contributed by atoms with Gasteiger partial charge in [0.05, 0.1) is 0 Å². The fourth-order valence-electron chi connectivity index (χ4n) is 2.06. The zero-order chi connectivity index (χ0) is 15.7. The van der Waals surface area contributed by atoms with Crippen LogP contribution in [0.2, 0.25) is 6.32 Å². The Labute approximate surface area is 149 Å². The summed E-state index contributed by atoms with van der Waals surface area (Å²) in [6.45, 7) is 0.724. The predicted octanol–water partition coefficient (Wildman–Crippen LogP) is 1.04. The largest absolute Gasteiger partial charge is 0.480 e. The Hall–Kier alpha value is -0.825. The molecule has 0 amide bonds. The van der Waals surface area contributed by atoms with Crippen LogP contribution < -0.4 is 11.1 Å². The maximum Gasteiger partial charge on any atom is 0.451 e. The Kier molecular flexibility index (Phi) is 13.4. The monoisotopic (exact) mass is 366 g/mol. The van der Waals surface area contributed by atoms with Crippen LogP contribution >= 0.6 is 24.8 Å². The maximum atomic E-state index is 11.3. The van der Waals surface area contributed by atoms with E-state index < -0.39 is 18.6 Å². The molecule has 0 spiro atoms. The quantitative estimate of drug-likeness (QED) is 0.312. The highest BCUT2D eigenvalue weighted by atomic mass is 35.5. The summed E-state index contributed by atoms with van der Waals surface area (Å²) in [6, 6.07) is 9.67. The van der Waals surface area contributed by atoms with Gasteiger partial charge in [-0.15, -0.1) is 24.8 Å². The molecular formula is C14H25BCl2N2O4. The highest BCUT2D eigenvalue weighted by Gasteiger charge is 2.32. The van der Waals surface area contributed by atoms with E-state index in [4.69, 9.17) is 15.8 Å². The van der Waals surface area contributed by atoms with Gasteiger partial charge in [0.2, 0.25) is 0 Å². The van der Waals surface area contributed by atoms with Crippen LogP contribution in [0.4, 0.5) is 0 Å². The number of aliphatic carboxylic acids is 1. The van der Waals surface area contributed by atoms with Gasteiger partial charge in [-0.05, 0) is 18.3 Å². The van der Waals surface area contributed by atoms with Crippen molar-refractivity contribution in [3.8, 4) is 0 Å². The van der Waals surface area contributed by atoms with Crippen LogP contribution in [0.25, 0.3) is 0 Å². The van der Waals surface area contributed by atoms with Crippen molar-refractivity contribution in [3.05, 3.63) is 35.9 Å². The summed E-state index contributed by atoms with van der Waals surface area (Å²) in [5, 5.41) is 29.9. The summed E-state index contributed by atoms with van der Waals surface area (Å²) in [6.07, 6.45) is 1.58. The summed E-state index contributed by atoms with van der Waals surface area (Å²) < 4.78 is 0. The second-order valence-corrected chi connectivity index (χ2v) is 5.28. The fourth-order valence-corrected chi connectivity index (χ4v) is 2.06. The van der Waals surface area contributed by atoms with Gasteiger partial charge >= 0.3 is 13.1 Å². The third-order valence-electron chi connectivity index (χ3n) is 3.37. The van der Waals surface area contributed by atoms with E-state index in [9.17, 15) is 9.90 Å². The molecule has 0 radical (unpaired) electrons. The van der Waals surface area contributed by atoms with E-state index >= 15 is 0 Å². The molecule has 1 aromatic carbocycles. The second-order valence-electron chi connectivity index (χ2n) is 5.28. The van der Waals surface area contributed by atoms with Gasteiger partial charge in [0.25, 0.3) is 0 Å². The first-order valence-corrected chi connectivity index (χ1v) is 7.07. The zero-order valence-corrected chi connectivity index (χ0v) is 14.5. The standard InChI is InChI=1S/C14H23BN2O4.2ClH/c16-14(13(18)19,8-4-5-9-15(20)21)11-17-10-12-6-2-1-3-7-12;;/h1-3,6-7,17,20-21H,4-5,8-11,16H2,(H,18,19);2*1H. The Morgan fingerprint density at radius 2 is 1.78 bits per heavy atom. The first-order valence-electron chi connectivity index (χ1n) is 7.07. The lowest BCUT2D eigenvalue weighted by Gasteiger charge is -2.25. The molecule has 1 rings (SSSR count). The number of rotatable bonds is 10. The van der Waals surface area contributed by atoms with Crippen molar-refractivity contribution in [1.82, 2.24) is 5.32 Å². The topological polar surface area (TPSA) is 116 Å². The number of benzene rings is 1. The molecule has 0 saturated heterocycles. The maximum absolute atomic E-state index is 11.3. The van der Waals surface area contributed by atoms with Crippen LogP contribution in [0.15, 0.2) is 30.3 Å². The Bertz CT molecular complexity index is 440. The Morgan fingerprint density at radius 1 is 1.17 bits per heavy atom. The summed E-state index contributed by atoms with van der Waals surface area (Å²) in [5.74, 6) is -1.05. The number of unbranched alkanes of at least 4 members (excludes halogenated alkanes) is 1. The van der Waals surface area contributed by atoms with Gasteiger partial charge in [0.1, 0.15) is 5.54 Å². The molecule has 1 unspecified atom stereocenters. The van der Waals surface area contributed by atoms with E-state index in [0.29, 0.717) is 19.4 Å². The van der Waals surface area contributed by atoms with Crippen molar-refractivity contribution in [2.75, 3.05) is 6.54 Å². The van der Waals surface area contributed by atoms with Crippen molar-refractivity contribution >= 4 is 37.9 Å². The van der Waals surface area contributed by atoms with Crippen LogP contribution in [-0.4, -0.2) is 40.3 Å². The molecule has 0 heterocycles. The van der Waals surface area contributed by atoms with Crippen LogP contribution in [0.1, 0.15) is 24.8 Å². The molecule has 1 aromatic rings. The van der Waals surface area contributed by atoms with Gasteiger partial charge < -0.3 is 26.2 Å². The summed E-state index contributed by atoms with van der Waals surface area (Å²) in [5.41, 5.74) is 5.66. The molecule has 0 saturated carbocycles. The molecule has 0 aliphatic heterocycles. The zero-order valence-electron chi connectivity index (χ0n) is 12.9. The molecule has 9 heteroatoms. The average molecular weight is 367 g/mol. The third kappa shape index (κ3) is 9.81. The predicted molar refractivity (Wildman–Crippen MR) is 96.0 cm³/mol. The second kappa shape index (κ2) is 12.6. The number of hydrogen-bond acceptors (Lipinski definition) is 5. The number of nitrogens with one attached hydrogen (secondary N) is 1. The average Bonchev–Trinajstić information content (AvgIpc) is 2.44. The highest BCUT2D eigenvalue weighted by Crippen LogP contribution is 2.13. The van der Waals surface area contributed by atoms with Crippen LogP contribution in [-0.2, 0) is 11.3 Å². The summed E-state index contributed by atoms with van der Waals surface area (Å²) >= 11 is 0. The molecule has 0 aliphatic carbocycles. The van der Waals surface area contributed by atoms with Gasteiger partial charge in [0.15, 0.2) is 0 Å². The number of hydrogen-bond donors (Lipinski definition) is 5. The number of carbonyl (C=O) groups is 1. The van der Waals surface area contributed by atoms with Gasteiger partial charge in [0, 0.05) is 13.1 Å². The summed E-state index contributed by atoms with van der Waals surface area (Å²) in [7, 11) is -1.35. The van der Waals surface area contributed by atoms with Gasteiger partial charge in [-0.3, -0.25) is 4.79 Å². The minimum atomic E-state index is -1.35. The smallest absolute Gasteiger partial charge is 0.451 e. The normalized spacial score (nSPS) is 12.5.